The van der Waals surface area contributed by atoms with Crippen molar-refractivity contribution < 1.29 is 23.7 Å². The molecule has 136 valence electrons. The van der Waals surface area contributed by atoms with Gasteiger partial charge in [0.15, 0.2) is 17.3 Å². The monoisotopic (exact) mass is 356 g/mol. The number of ether oxygens (including phenoxy) is 3. The molecule has 0 saturated heterocycles. The van der Waals surface area contributed by atoms with Gasteiger partial charge in [0.2, 0.25) is 11.2 Å². The summed E-state index contributed by atoms with van der Waals surface area (Å²) in [5.41, 5.74) is 1.96. The van der Waals surface area contributed by atoms with Crippen LogP contribution in [0.1, 0.15) is 11.1 Å². The fourth-order valence-electron chi connectivity index (χ4n) is 3.05. The van der Waals surface area contributed by atoms with Crippen molar-refractivity contribution in [1.29, 1.82) is 0 Å². The van der Waals surface area contributed by atoms with Gasteiger partial charge in [-0.2, -0.15) is 0 Å². The lowest BCUT2D eigenvalue weighted by Crippen LogP contribution is -2.05. The largest absolute Gasteiger partial charge is 0.502 e. The van der Waals surface area contributed by atoms with Crippen LogP contribution in [0.25, 0.3) is 22.3 Å². The summed E-state index contributed by atoms with van der Waals surface area (Å²) in [7, 11) is 4.54. The van der Waals surface area contributed by atoms with Crippen LogP contribution in [0, 0.1) is 13.8 Å². The quantitative estimate of drug-likeness (QED) is 0.766. The van der Waals surface area contributed by atoms with Gasteiger partial charge >= 0.3 is 0 Å². The highest BCUT2D eigenvalue weighted by Gasteiger charge is 2.21. The molecular weight excluding hydrogens is 336 g/mol. The minimum absolute atomic E-state index is 0.0687. The molecule has 0 amide bonds. The first-order valence-corrected chi connectivity index (χ1v) is 7.98. The molecule has 0 radical (unpaired) electrons. The molecule has 3 rings (SSSR count). The van der Waals surface area contributed by atoms with Gasteiger partial charge in [-0.1, -0.05) is 0 Å². The van der Waals surface area contributed by atoms with Crippen molar-refractivity contribution in [2.45, 2.75) is 13.8 Å². The highest BCUT2D eigenvalue weighted by molar-refractivity contribution is 5.88. The van der Waals surface area contributed by atoms with Crippen LogP contribution in [0.5, 0.6) is 23.0 Å². The summed E-state index contributed by atoms with van der Waals surface area (Å²) < 4.78 is 21.8. The van der Waals surface area contributed by atoms with E-state index < -0.39 is 11.2 Å². The maximum atomic E-state index is 12.7. The van der Waals surface area contributed by atoms with Crippen LogP contribution < -0.4 is 19.6 Å². The van der Waals surface area contributed by atoms with Crippen molar-refractivity contribution in [2.75, 3.05) is 21.3 Å². The van der Waals surface area contributed by atoms with E-state index in [1.54, 1.807) is 31.4 Å². The zero-order valence-corrected chi connectivity index (χ0v) is 15.3. The summed E-state index contributed by atoms with van der Waals surface area (Å²) in [6, 6.07) is 6.87. The van der Waals surface area contributed by atoms with Gasteiger partial charge in [0.1, 0.15) is 16.7 Å². The molecule has 1 aromatic heterocycles. The van der Waals surface area contributed by atoms with E-state index in [9.17, 15) is 9.90 Å². The molecule has 2 aromatic carbocycles. The van der Waals surface area contributed by atoms with Gasteiger partial charge in [-0.15, -0.1) is 0 Å². The number of hydrogen-bond donors (Lipinski definition) is 1. The van der Waals surface area contributed by atoms with E-state index in [1.807, 2.05) is 13.8 Å². The molecule has 0 unspecified atom stereocenters. The summed E-state index contributed by atoms with van der Waals surface area (Å²) in [6.07, 6.45) is 0. The third kappa shape index (κ3) is 2.73. The van der Waals surface area contributed by atoms with E-state index in [0.29, 0.717) is 28.4 Å². The Morgan fingerprint density at radius 3 is 2.23 bits per heavy atom. The lowest BCUT2D eigenvalue weighted by atomic mass is 10.0. The molecule has 0 spiro atoms. The predicted octanol–water partition coefficient (Wildman–Crippen LogP) is 3.81. The van der Waals surface area contributed by atoms with Crippen molar-refractivity contribution in [3.63, 3.8) is 0 Å². The number of aromatic hydroxyl groups is 1. The summed E-state index contributed by atoms with van der Waals surface area (Å²) in [6.45, 7) is 3.71. The standard InChI is InChI=1S/C20H20O6/c1-10-6-13(23-3)16-14(7-10)26-20(18(22)17(16)21)12-8-11(2)19(25-5)15(9-12)24-4/h6-9,22H,1-5H3. The van der Waals surface area contributed by atoms with Crippen LogP contribution in [0.2, 0.25) is 0 Å². The van der Waals surface area contributed by atoms with Gasteiger partial charge in [0.25, 0.3) is 0 Å². The maximum absolute atomic E-state index is 12.7. The van der Waals surface area contributed by atoms with Crippen LogP contribution in [0.4, 0.5) is 0 Å². The Kier molecular flexibility index (Phi) is 4.50. The smallest absolute Gasteiger partial charge is 0.238 e. The van der Waals surface area contributed by atoms with Crippen molar-refractivity contribution in [3.8, 4) is 34.3 Å². The van der Waals surface area contributed by atoms with E-state index in [0.717, 1.165) is 11.1 Å². The fourth-order valence-corrected chi connectivity index (χ4v) is 3.05. The molecule has 0 aliphatic heterocycles. The van der Waals surface area contributed by atoms with Crippen molar-refractivity contribution in [2.24, 2.45) is 0 Å². The third-order valence-corrected chi connectivity index (χ3v) is 4.23. The second-order valence-corrected chi connectivity index (χ2v) is 5.98. The topological polar surface area (TPSA) is 78.1 Å². The number of methoxy groups -OCH3 is 3. The number of fused-ring (bicyclic) bond motifs is 1. The van der Waals surface area contributed by atoms with E-state index in [2.05, 4.69) is 0 Å². The molecule has 1 N–H and O–H groups in total. The van der Waals surface area contributed by atoms with Gasteiger partial charge in [0.05, 0.1) is 21.3 Å². The van der Waals surface area contributed by atoms with Crippen LogP contribution in [-0.4, -0.2) is 26.4 Å². The van der Waals surface area contributed by atoms with E-state index in [1.165, 1.54) is 14.2 Å². The van der Waals surface area contributed by atoms with Crippen LogP contribution in [0.3, 0.4) is 0 Å². The number of hydrogen-bond acceptors (Lipinski definition) is 6. The number of rotatable bonds is 4. The Balaban J connectivity index is 2.35. The Morgan fingerprint density at radius 1 is 0.923 bits per heavy atom. The van der Waals surface area contributed by atoms with E-state index in [4.69, 9.17) is 18.6 Å². The minimum atomic E-state index is -0.550. The lowest BCUT2D eigenvalue weighted by molar-refractivity contribution is 0.353. The molecule has 0 saturated carbocycles. The van der Waals surface area contributed by atoms with Crippen molar-refractivity contribution in [3.05, 3.63) is 45.6 Å². The molecule has 0 aliphatic carbocycles. The lowest BCUT2D eigenvalue weighted by Gasteiger charge is -2.14. The summed E-state index contributed by atoms with van der Waals surface area (Å²) >= 11 is 0. The highest BCUT2D eigenvalue weighted by Crippen LogP contribution is 2.39. The first-order chi connectivity index (χ1) is 12.4. The zero-order valence-electron chi connectivity index (χ0n) is 15.3. The summed E-state index contributed by atoms with van der Waals surface area (Å²) in [5.74, 6) is 1.01. The summed E-state index contributed by atoms with van der Waals surface area (Å²) in [5, 5.41) is 10.7. The van der Waals surface area contributed by atoms with Crippen LogP contribution in [0.15, 0.2) is 33.5 Å². The molecule has 0 fully saturated rings. The number of aryl methyl sites for hydroxylation is 2. The van der Waals surface area contributed by atoms with Gasteiger partial charge < -0.3 is 23.7 Å². The molecule has 0 aliphatic rings. The Morgan fingerprint density at radius 2 is 1.62 bits per heavy atom. The molecular formula is C20H20O6. The Bertz CT molecular complexity index is 1050. The SMILES string of the molecule is COc1cc(-c2oc3cc(C)cc(OC)c3c(=O)c2O)cc(C)c1OC. The first kappa shape index (κ1) is 17.7. The van der Waals surface area contributed by atoms with Crippen LogP contribution in [-0.2, 0) is 0 Å². The molecule has 0 atom stereocenters. The van der Waals surface area contributed by atoms with Gasteiger partial charge in [-0.3, -0.25) is 4.79 Å². The van der Waals surface area contributed by atoms with Crippen molar-refractivity contribution >= 4 is 11.0 Å². The normalized spacial score (nSPS) is 10.8. The Labute approximate surface area is 150 Å². The molecule has 6 nitrogen and oxygen atoms in total. The first-order valence-electron chi connectivity index (χ1n) is 7.98. The zero-order chi connectivity index (χ0) is 19.0. The van der Waals surface area contributed by atoms with Gasteiger partial charge in [-0.25, -0.2) is 0 Å². The fraction of sp³-hybridized carbons (Fsp3) is 0.250. The average molecular weight is 356 g/mol. The van der Waals surface area contributed by atoms with Crippen molar-refractivity contribution in [1.82, 2.24) is 0 Å². The minimum Gasteiger partial charge on any atom is -0.502 e. The second-order valence-electron chi connectivity index (χ2n) is 5.98. The highest BCUT2D eigenvalue weighted by atomic mass is 16.5. The molecule has 1 heterocycles. The number of benzene rings is 2. The molecule has 26 heavy (non-hydrogen) atoms. The predicted molar refractivity (Wildman–Crippen MR) is 98.7 cm³/mol. The average Bonchev–Trinajstić information content (AvgIpc) is 2.62. The third-order valence-electron chi connectivity index (χ3n) is 4.23. The van der Waals surface area contributed by atoms with E-state index >= 15 is 0 Å². The maximum Gasteiger partial charge on any atom is 0.238 e. The second kappa shape index (κ2) is 6.63. The summed E-state index contributed by atoms with van der Waals surface area (Å²) in [4.78, 5) is 12.7. The molecule has 6 heteroatoms. The van der Waals surface area contributed by atoms with Gasteiger partial charge in [-0.05, 0) is 49.2 Å². The van der Waals surface area contributed by atoms with Gasteiger partial charge in [0, 0.05) is 5.56 Å². The van der Waals surface area contributed by atoms with Crippen LogP contribution >= 0.6 is 0 Å². The van der Waals surface area contributed by atoms with E-state index in [-0.39, 0.29) is 11.1 Å². The Hall–Kier alpha value is -3.15. The molecule has 3 aromatic rings. The molecule has 0 bridgehead atoms.